The van der Waals surface area contributed by atoms with E-state index in [0.717, 1.165) is 6.42 Å². The third-order valence-electron chi connectivity index (χ3n) is 4.21. The standard InChI is InChI=1S/C18H23N3O4/c1-2-10-19-18(25)21-15-8-6-14(7-9-15)20-16(22)12-4-3-5-13(11-12)17(23)24/h2,6-9,12-13H,1,3-5,10-11H2,(H,20,22)(H,23,24)(H2,19,21,25). The zero-order valence-electron chi connectivity index (χ0n) is 14.0. The fraction of sp³-hybridized carbons (Fsp3) is 0.389. The summed E-state index contributed by atoms with van der Waals surface area (Å²) < 4.78 is 0. The molecular weight excluding hydrogens is 322 g/mol. The van der Waals surface area contributed by atoms with Crippen LogP contribution in [-0.4, -0.2) is 29.6 Å². The number of carbonyl (C=O) groups is 3. The summed E-state index contributed by atoms with van der Waals surface area (Å²) in [5.74, 6) is -1.71. The van der Waals surface area contributed by atoms with Gasteiger partial charge in [-0.2, -0.15) is 0 Å². The normalized spacial score (nSPS) is 19.5. The summed E-state index contributed by atoms with van der Waals surface area (Å²) in [5, 5.41) is 17.2. The molecule has 4 N–H and O–H groups in total. The van der Waals surface area contributed by atoms with E-state index in [2.05, 4.69) is 22.5 Å². The predicted octanol–water partition coefficient (Wildman–Crippen LogP) is 2.82. The Hall–Kier alpha value is -2.83. The molecule has 7 heteroatoms. The van der Waals surface area contributed by atoms with Gasteiger partial charge in [-0.1, -0.05) is 12.5 Å². The van der Waals surface area contributed by atoms with E-state index >= 15 is 0 Å². The monoisotopic (exact) mass is 345 g/mol. The van der Waals surface area contributed by atoms with E-state index < -0.39 is 11.9 Å². The Morgan fingerprint density at radius 2 is 1.68 bits per heavy atom. The maximum Gasteiger partial charge on any atom is 0.319 e. The van der Waals surface area contributed by atoms with Crippen LogP contribution in [-0.2, 0) is 9.59 Å². The summed E-state index contributed by atoms with van der Waals surface area (Å²) >= 11 is 0. The fourth-order valence-corrected chi connectivity index (χ4v) is 2.87. The van der Waals surface area contributed by atoms with E-state index in [1.165, 1.54) is 0 Å². The highest BCUT2D eigenvalue weighted by Crippen LogP contribution is 2.30. The lowest BCUT2D eigenvalue weighted by Crippen LogP contribution is -2.31. The quantitative estimate of drug-likeness (QED) is 0.595. The summed E-state index contributed by atoms with van der Waals surface area (Å²) in [6.07, 6.45) is 4.05. The molecule has 0 aromatic heterocycles. The van der Waals surface area contributed by atoms with E-state index in [9.17, 15) is 14.4 Å². The van der Waals surface area contributed by atoms with Crippen molar-refractivity contribution in [3.63, 3.8) is 0 Å². The zero-order valence-corrected chi connectivity index (χ0v) is 14.0. The number of rotatable bonds is 6. The summed E-state index contributed by atoms with van der Waals surface area (Å²) in [7, 11) is 0. The first-order valence-electron chi connectivity index (χ1n) is 8.29. The van der Waals surface area contributed by atoms with Gasteiger partial charge in [-0.3, -0.25) is 9.59 Å². The molecular formula is C18H23N3O4. The molecule has 1 saturated carbocycles. The minimum absolute atomic E-state index is 0.157. The molecule has 0 heterocycles. The van der Waals surface area contributed by atoms with Gasteiger partial charge in [-0.15, -0.1) is 6.58 Å². The number of carbonyl (C=O) groups excluding carboxylic acids is 2. The van der Waals surface area contributed by atoms with Crippen molar-refractivity contribution in [2.75, 3.05) is 17.2 Å². The van der Waals surface area contributed by atoms with E-state index in [0.29, 0.717) is 37.2 Å². The van der Waals surface area contributed by atoms with Gasteiger partial charge in [0.2, 0.25) is 5.91 Å². The number of hydrogen-bond donors (Lipinski definition) is 4. The van der Waals surface area contributed by atoms with Crippen molar-refractivity contribution in [1.29, 1.82) is 0 Å². The van der Waals surface area contributed by atoms with Crippen molar-refractivity contribution < 1.29 is 19.5 Å². The SMILES string of the molecule is C=CCNC(=O)Nc1ccc(NC(=O)C2CCCC(C(=O)O)C2)cc1. The highest BCUT2D eigenvalue weighted by atomic mass is 16.4. The molecule has 25 heavy (non-hydrogen) atoms. The Labute approximate surface area is 146 Å². The molecule has 0 saturated heterocycles. The minimum Gasteiger partial charge on any atom is -0.481 e. The van der Waals surface area contributed by atoms with Crippen molar-refractivity contribution >= 4 is 29.3 Å². The van der Waals surface area contributed by atoms with Crippen molar-refractivity contribution in [1.82, 2.24) is 5.32 Å². The number of nitrogens with one attached hydrogen (secondary N) is 3. The molecule has 1 aromatic carbocycles. The van der Waals surface area contributed by atoms with Crippen LogP contribution in [0.5, 0.6) is 0 Å². The lowest BCUT2D eigenvalue weighted by Gasteiger charge is -2.25. The summed E-state index contributed by atoms with van der Waals surface area (Å²) in [6.45, 7) is 3.89. The number of urea groups is 1. The molecule has 0 radical (unpaired) electrons. The van der Waals surface area contributed by atoms with Crippen LogP contribution in [0.4, 0.5) is 16.2 Å². The first-order chi connectivity index (χ1) is 12.0. The van der Waals surface area contributed by atoms with E-state index in [-0.39, 0.29) is 17.9 Å². The Balaban J connectivity index is 1.87. The molecule has 2 unspecified atom stereocenters. The average Bonchev–Trinajstić information content (AvgIpc) is 2.61. The van der Waals surface area contributed by atoms with E-state index in [1.807, 2.05) is 0 Å². The van der Waals surface area contributed by atoms with Gasteiger partial charge >= 0.3 is 12.0 Å². The molecule has 3 amide bonds. The van der Waals surface area contributed by atoms with Gasteiger partial charge in [0.1, 0.15) is 0 Å². The molecule has 1 aromatic rings. The van der Waals surface area contributed by atoms with Crippen LogP contribution in [0, 0.1) is 11.8 Å². The lowest BCUT2D eigenvalue weighted by molar-refractivity contribution is -0.143. The van der Waals surface area contributed by atoms with Crippen molar-refractivity contribution in [3.05, 3.63) is 36.9 Å². The summed E-state index contributed by atoms with van der Waals surface area (Å²) in [5.41, 5.74) is 1.21. The van der Waals surface area contributed by atoms with Crippen LogP contribution < -0.4 is 16.0 Å². The van der Waals surface area contributed by atoms with Crippen LogP contribution >= 0.6 is 0 Å². The van der Waals surface area contributed by atoms with Crippen LogP contribution in [0.1, 0.15) is 25.7 Å². The van der Waals surface area contributed by atoms with Crippen molar-refractivity contribution in [2.24, 2.45) is 11.8 Å². The number of anilines is 2. The Kier molecular flexibility index (Phi) is 6.56. The van der Waals surface area contributed by atoms with Crippen LogP contribution in [0.25, 0.3) is 0 Å². The largest absolute Gasteiger partial charge is 0.481 e. The topological polar surface area (TPSA) is 108 Å². The minimum atomic E-state index is -0.831. The molecule has 0 bridgehead atoms. The highest BCUT2D eigenvalue weighted by Gasteiger charge is 2.30. The number of carboxylic acid groups (broad SMARTS) is 1. The fourth-order valence-electron chi connectivity index (χ4n) is 2.87. The number of aliphatic carboxylic acids is 1. The van der Waals surface area contributed by atoms with E-state index in [4.69, 9.17) is 5.11 Å². The second-order valence-electron chi connectivity index (χ2n) is 6.09. The molecule has 0 aliphatic heterocycles. The number of carboxylic acids is 1. The molecule has 7 nitrogen and oxygen atoms in total. The highest BCUT2D eigenvalue weighted by molar-refractivity contribution is 5.94. The molecule has 2 rings (SSSR count). The molecule has 1 aliphatic rings. The second kappa shape index (κ2) is 8.86. The van der Waals surface area contributed by atoms with Gasteiger partial charge in [0.05, 0.1) is 5.92 Å². The summed E-state index contributed by atoms with van der Waals surface area (Å²) in [4.78, 5) is 35.0. The lowest BCUT2D eigenvalue weighted by atomic mass is 9.81. The predicted molar refractivity (Wildman–Crippen MR) is 95.4 cm³/mol. The van der Waals surface area contributed by atoms with Crippen LogP contribution in [0.2, 0.25) is 0 Å². The number of benzene rings is 1. The summed E-state index contributed by atoms with van der Waals surface area (Å²) in [6, 6.07) is 6.42. The van der Waals surface area contributed by atoms with Gasteiger partial charge in [0.25, 0.3) is 0 Å². The zero-order chi connectivity index (χ0) is 18.2. The average molecular weight is 345 g/mol. The van der Waals surface area contributed by atoms with Crippen molar-refractivity contribution in [3.8, 4) is 0 Å². The smallest absolute Gasteiger partial charge is 0.319 e. The Bertz CT molecular complexity index is 642. The van der Waals surface area contributed by atoms with E-state index in [1.54, 1.807) is 30.3 Å². The van der Waals surface area contributed by atoms with Crippen LogP contribution in [0.3, 0.4) is 0 Å². The third kappa shape index (κ3) is 5.63. The van der Waals surface area contributed by atoms with Crippen molar-refractivity contribution in [2.45, 2.75) is 25.7 Å². The first-order valence-corrected chi connectivity index (χ1v) is 8.29. The maximum absolute atomic E-state index is 12.3. The van der Waals surface area contributed by atoms with Gasteiger partial charge in [0.15, 0.2) is 0 Å². The molecule has 134 valence electrons. The van der Waals surface area contributed by atoms with Gasteiger partial charge in [0, 0.05) is 23.8 Å². The third-order valence-corrected chi connectivity index (χ3v) is 4.21. The second-order valence-corrected chi connectivity index (χ2v) is 6.09. The Morgan fingerprint density at radius 1 is 1.08 bits per heavy atom. The number of hydrogen-bond acceptors (Lipinski definition) is 3. The first kappa shape index (κ1) is 18.5. The maximum atomic E-state index is 12.3. The molecule has 1 aliphatic carbocycles. The molecule has 2 atom stereocenters. The van der Waals surface area contributed by atoms with Gasteiger partial charge in [-0.05, 0) is 43.5 Å². The number of amides is 3. The van der Waals surface area contributed by atoms with Crippen LogP contribution in [0.15, 0.2) is 36.9 Å². The van der Waals surface area contributed by atoms with Gasteiger partial charge in [-0.25, -0.2) is 4.79 Å². The molecule has 0 spiro atoms. The molecule has 1 fully saturated rings. The van der Waals surface area contributed by atoms with Gasteiger partial charge < -0.3 is 21.1 Å². The Morgan fingerprint density at radius 3 is 2.28 bits per heavy atom.